The first-order chi connectivity index (χ1) is 16.3. The predicted octanol–water partition coefficient (Wildman–Crippen LogP) is 5.54. The Kier molecular flexibility index (Phi) is 6.77. The SMILES string of the molecule is COc1ccc2c(c1)c(C(=O)C(=O)Nc1ccnc(OC)c1)c(C)n2Cc1ccc(Cl)cc1Cl. The minimum Gasteiger partial charge on any atom is -0.497 e. The topological polar surface area (TPSA) is 82.5 Å². The first kappa shape index (κ1) is 23.6. The van der Waals surface area contributed by atoms with Gasteiger partial charge >= 0.3 is 0 Å². The Morgan fingerprint density at radius 1 is 1.03 bits per heavy atom. The van der Waals surface area contributed by atoms with Crippen LogP contribution in [-0.2, 0) is 11.3 Å². The number of carbonyl (C=O) groups is 2. The summed E-state index contributed by atoms with van der Waals surface area (Å²) >= 11 is 12.4. The third kappa shape index (κ3) is 4.58. The van der Waals surface area contributed by atoms with Crippen molar-refractivity contribution < 1.29 is 19.1 Å². The fourth-order valence-corrected chi connectivity index (χ4v) is 4.27. The lowest BCUT2D eigenvalue weighted by Gasteiger charge is -2.11. The van der Waals surface area contributed by atoms with Gasteiger partial charge in [-0.3, -0.25) is 9.59 Å². The number of fused-ring (bicyclic) bond motifs is 1. The average molecular weight is 498 g/mol. The average Bonchev–Trinajstić information content (AvgIpc) is 3.10. The van der Waals surface area contributed by atoms with Crippen molar-refractivity contribution in [3.05, 3.63) is 81.6 Å². The van der Waals surface area contributed by atoms with E-state index in [1.807, 2.05) is 16.7 Å². The molecular formula is C25H21Cl2N3O4. The second kappa shape index (κ2) is 9.75. The highest BCUT2D eigenvalue weighted by molar-refractivity contribution is 6.48. The lowest BCUT2D eigenvalue weighted by atomic mass is 10.1. The minimum absolute atomic E-state index is 0.289. The summed E-state index contributed by atoms with van der Waals surface area (Å²) in [5.41, 5.74) is 2.91. The fourth-order valence-electron chi connectivity index (χ4n) is 3.80. The van der Waals surface area contributed by atoms with Gasteiger partial charge in [-0.25, -0.2) is 4.98 Å². The first-order valence-electron chi connectivity index (χ1n) is 10.3. The molecule has 1 N–H and O–H groups in total. The fraction of sp³-hybridized carbons (Fsp3) is 0.160. The molecule has 174 valence electrons. The molecule has 2 aromatic heterocycles. The number of methoxy groups -OCH3 is 2. The lowest BCUT2D eigenvalue weighted by molar-refractivity contribution is -0.112. The van der Waals surface area contributed by atoms with E-state index in [9.17, 15) is 9.59 Å². The number of nitrogens with one attached hydrogen (secondary N) is 1. The van der Waals surface area contributed by atoms with Crippen LogP contribution < -0.4 is 14.8 Å². The van der Waals surface area contributed by atoms with Crippen molar-refractivity contribution in [1.29, 1.82) is 0 Å². The van der Waals surface area contributed by atoms with Crippen molar-refractivity contribution in [3.63, 3.8) is 0 Å². The van der Waals surface area contributed by atoms with Crippen LogP contribution in [0.4, 0.5) is 5.69 Å². The predicted molar refractivity (Wildman–Crippen MR) is 133 cm³/mol. The molecule has 1 amide bonds. The number of ketones is 1. The maximum atomic E-state index is 13.4. The molecule has 2 aromatic carbocycles. The van der Waals surface area contributed by atoms with Crippen molar-refractivity contribution in [2.45, 2.75) is 13.5 Å². The number of halogens is 2. The zero-order valence-electron chi connectivity index (χ0n) is 18.7. The van der Waals surface area contributed by atoms with Crippen molar-refractivity contribution in [2.24, 2.45) is 0 Å². The second-order valence-corrected chi connectivity index (χ2v) is 8.38. The van der Waals surface area contributed by atoms with Gasteiger partial charge < -0.3 is 19.4 Å². The number of hydrogen-bond donors (Lipinski definition) is 1. The maximum Gasteiger partial charge on any atom is 0.296 e. The number of rotatable bonds is 7. The van der Waals surface area contributed by atoms with E-state index in [-0.39, 0.29) is 5.56 Å². The van der Waals surface area contributed by atoms with Gasteiger partial charge in [0.2, 0.25) is 5.88 Å². The Labute approximate surface area is 206 Å². The Balaban J connectivity index is 1.77. The van der Waals surface area contributed by atoms with Crippen LogP contribution in [0.5, 0.6) is 11.6 Å². The maximum absolute atomic E-state index is 13.4. The number of benzene rings is 2. The molecule has 0 aliphatic rings. The normalized spacial score (nSPS) is 10.9. The molecule has 0 aliphatic heterocycles. The van der Waals surface area contributed by atoms with Crippen molar-refractivity contribution in [3.8, 4) is 11.6 Å². The Hall–Kier alpha value is -3.55. The molecule has 2 heterocycles. The third-order valence-electron chi connectivity index (χ3n) is 5.51. The highest BCUT2D eigenvalue weighted by Gasteiger charge is 2.26. The third-order valence-corrected chi connectivity index (χ3v) is 6.10. The number of Topliss-reactive ketones (excluding diaryl/α,β-unsaturated/α-hetero) is 1. The van der Waals surface area contributed by atoms with Crippen LogP contribution in [0.25, 0.3) is 10.9 Å². The van der Waals surface area contributed by atoms with Gasteiger partial charge in [0.25, 0.3) is 11.7 Å². The molecule has 34 heavy (non-hydrogen) atoms. The van der Waals surface area contributed by atoms with Crippen molar-refractivity contribution >= 4 is 51.5 Å². The summed E-state index contributed by atoms with van der Waals surface area (Å²) in [6.07, 6.45) is 1.48. The van der Waals surface area contributed by atoms with Crippen LogP contribution in [0.1, 0.15) is 21.6 Å². The number of aromatic nitrogens is 2. The quantitative estimate of drug-likeness (QED) is 0.267. The lowest BCUT2D eigenvalue weighted by Crippen LogP contribution is -2.23. The molecule has 4 rings (SSSR count). The Morgan fingerprint density at radius 3 is 2.53 bits per heavy atom. The summed E-state index contributed by atoms with van der Waals surface area (Å²) < 4.78 is 12.4. The Morgan fingerprint density at radius 2 is 1.82 bits per heavy atom. The molecule has 0 unspecified atom stereocenters. The monoisotopic (exact) mass is 497 g/mol. The van der Waals surface area contributed by atoms with Gasteiger partial charge in [-0.05, 0) is 48.9 Å². The minimum atomic E-state index is -0.775. The van der Waals surface area contributed by atoms with Gasteiger partial charge in [-0.1, -0.05) is 29.3 Å². The van der Waals surface area contributed by atoms with Crippen LogP contribution in [0.2, 0.25) is 10.0 Å². The first-order valence-corrected chi connectivity index (χ1v) is 11.0. The molecule has 0 atom stereocenters. The van der Waals surface area contributed by atoms with E-state index in [4.69, 9.17) is 32.7 Å². The van der Waals surface area contributed by atoms with E-state index in [1.165, 1.54) is 19.4 Å². The largest absolute Gasteiger partial charge is 0.497 e. The number of hydrogen-bond acceptors (Lipinski definition) is 5. The molecule has 0 spiro atoms. The summed E-state index contributed by atoms with van der Waals surface area (Å²) in [5.74, 6) is -0.555. The molecule has 0 bridgehead atoms. The highest BCUT2D eigenvalue weighted by Crippen LogP contribution is 2.32. The molecular weight excluding hydrogens is 477 g/mol. The molecule has 0 aliphatic carbocycles. The van der Waals surface area contributed by atoms with E-state index < -0.39 is 11.7 Å². The van der Waals surface area contributed by atoms with E-state index in [0.29, 0.717) is 45.0 Å². The van der Waals surface area contributed by atoms with Crippen LogP contribution in [0, 0.1) is 6.92 Å². The van der Waals surface area contributed by atoms with Crippen molar-refractivity contribution in [2.75, 3.05) is 19.5 Å². The number of ether oxygens (including phenoxy) is 2. The smallest absolute Gasteiger partial charge is 0.296 e. The van der Waals surface area contributed by atoms with Crippen LogP contribution in [-0.4, -0.2) is 35.5 Å². The summed E-state index contributed by atoms with van der Waals surface area (Å²) in [6.45, 7) is 2.19. The number of amides is 1. The summed E-state index contributed by atoms with van der Waals surface area (Å²) in [4.78, 5) is 30.3. The second-order valence-electron chi connectivity index (χ2n) is 7.54. The number of nitrogens with zero attached hydrogens (tertiary/aromatic N) is 2. The van der Waals surface area contributed by atoms with Gasteiger partial charge in [0.15, 0.2) is 0 Å². The molecule has 7 nitrogen and oxygen atoms in total. The number of carbonyl (C=O) groups excluding carboxylic acids is 2. The van der Waals surface area contributed by atoms with E-state index >= 15 is 0 Å². The molecule has 0 saturated heterocycles. The summed E-state index contributed by atoms with van der Waals surface area (Å²) in [6, 6.07) is 13.8. The van der Waals surface area contributed by atoms with Gasteiger partial charge in [-0.2, -0.15) is 0 Å². The zero-order chi connectivity index (χ0) is 24.4. The standard InChI is InChI=1S/C25H21Cl2N3O4/c1-14-23(24(31)25(32)29-17-8-9-28-22(11-17)34-3)19-12-18(33-2)6-7-21(19)30(14)13-15-4-5-16(26)10-20(15)27/h4-12H,13H2,1-3H3,(H,28,29,32). The summed E-state index contributed by atoms with van der Waals surface area (Å²) in [7, 11) is 3.02. The number of anilines is 1. The van der Waals surface area contributed by atoms with E-state index in [1.54, 1.807) is 44.4 Å². The molecule has 0 saturated carbocycles. The summed E-state index contributed by atoms with van der Waals surface area (Å²) in [5, 5.41) is 4.28. The molecule has 0 fully saturated rings. The van der Waals surface area contributed by atoms with Gasteiger partial charge in [-0.15, -0.1) is 0 Å². The van der Waals surface area contributed by atoms with Crippen LogP contribution >= 0.6 is 23.2 Å². The van der Waals surface area contributed by atoms with Gasteiger partial charge in [0.1, 0.15) is 5.75 Å². The van der Waals surface area contributed by atoms with Crippen molar-refractivity contribution in [1.82, 2.24) is 9.55 Å². The number of pyridine rings is 1. The van der Waals surface area contributed by atoms with Crippen LogP contribution in [0.15, 0.2) is 54.7 Å². The zero-order valence-corrected chi connectivity index (χ0v) is 20.2. The molecule has 9 heteroatoms. The van der Waals surface area contributed by atoms with Gasteiger partial charge in [0.05, 0.1) is 19.8 Å². The van der Waals surface area contributed by atoms with Crippen LogP contribution in [0.3, 0.4) is 0 Å². The van der Waals surface area contributed by atoms with Gasteiger partial charge in [0, 0.05) is 51.1 Å². The molecule has 4 aromatic rings. The van der Waals surface area contributed by atoms with E-state index in [0.717, 1.165) is 11.1 Å². The Bertz CT molecular complexity index is 1420. The van der Waals surface area contributed by atoms with E-state index in [2.05, 4.69) is 10.3 Å². The molecule has 0 radical (unpaired) electrons. The highest BCUT2D eigenvalue weighted by atomic mass is 35.5.